The highest BCUT2D eigenvalue weighted by atomic mass is 16.4. The van der Waals surface area contributed by atoms with E-state index in [0.717, 1.165) is 12.8 Å². The number of hydrogen-bond donors (Lipinski definition) is 1. The number of unbranched alkanes of at least 4 members (excludes halogenated alkanes) is 2. The zero-order valence-electron chi connectivity index (χ0n) is 12.5. The lowest BCUT2D eigenvalue weighted by molar-refractivity contribution is -0.148. The first kappa shape index (κ1) is 16.9. The molecule has 1 aliphatic heterocycles. The van der Waals surface area contributed by atoms with Crippen LogP contribution in [0, 0.1) is 0 Å². The average molecular weight is 294 g/mol. The van der Waals surface area contributed by atoms with Gasteiger partial charge in [-0.05, 0) is 25.8 Å². The van der Waals surface area contributed by atoms with E-state index in [1.165, 1.54) is 24.9 Å². The van der Waals surface area contributed by atoms with E-state index < -0.39 is 12.0 Å². The lowest BCUT2D eigenvalue weighted by atomic mass is 10.1. The molecular weight excluding hydrogens is 272 g/mol. The van der Waals surface area contributed by atoms with Gasteiger partial charge in [-0.2, -0.15) is 0 Å². The second-order valence-corrected chi connectivity index (χ2v) is 5.14. The Morgan fingerprint density at radius 2 is 2.00 bits per heavy atom. The fourth-order valence-electron chi connectivity index (χ4n) is 2.02. The zero-order chi connectivity index (χ0) is 16.0. The second kappa shape index (κ2) is 7.61. The van der Waals surface area contributed by atoms with E-state index in [1.54, 1.807) is 11.0 Å². The number of likely N-dealkylation sites (N-methyl/N-ethyl adjacent to an activating group) is 1. The molecule has 2 amide bonds. The van der Waals surface area contributed by atoms with Crippen molar-refractivity contribution in [2.45, 2.75) is 38.6 Å². The molecule has 6 heteroatoms. The molecule has 1 aliphatic rings. The highest BCUT2D eigenvalue weighted by Crippen LogP contribution is 2.14. The topological polar surface area (TPSA) is 77.9 Å². The van der Waals surface area contributed by atoms with E-state index in [0.29, 0.717) is 25.1 Å². The largest absolute Gasteiger partial charge is 0.480 e. The van der Waals surface area contributed by atoms with Gasteiger partial charge in [0.1, 0.15) is 6.04 Å². The normalized spacial score (nSPS) is 15.4. The fraction of sp³-hybridized carbons (Fsp3) is 0.533. The lowest BCUT2D eigenvalue weighted by Gasteiger charge is -2.21. The Morgan fingerprint density at radius 1 is 1.33 bits per heavy atom. The van der Waals surface area contributed by atoms with Crippen LogP contribution in [0.4, 0.5) is 0 Å². The van der Waals surface area contributed by atoms with E-state index in [2.05, 4.69) is 6.58 Å². The van der Waals surface area contributed by atoms with Crippen LogP contribution in [-0.2, 0) is 14.4 Å². The standard InChI is InChI=1S/C15H22N2O4/c1-11-8-9-14(19)17(11)10-6-4-5-7-13(18)16(3)12(2)15(20)21/h8-9,12H,1,4-7,10H2,2-3H3,(H,20,21)/t12-/m0/s1. The molecule has 0 bridgehead atoms. The third-order valence-electron chi connectivity index (χ3n) is 3.64. The summed E-state index contributed by atoms with van der Waals surface area (Å²) in [7, 11) is 1.50. The number of aliphatic carboxylic acids is 1. The summed E-state index contributed by atoms with van der Waals surface area (Å²) in [6, 6.07) is -0.811. The van der Waals surface area contributed by atoms with Crippen molar-refractivity contribution in [3.05, 3.63) is 24.4 Å². The molecule has 0 saturated carbocycles. The molecule has 1 atom stereocenters. The molecule has 0 aromatic carbocycles. The van der Waals surface area contributed by atoms with Crippen molar-refractivity contribution in [1.82, 2.24) is 9.80 Å². The van der Waals surface area contributed by atoms with Gasteiger partial charge in [-0.15, -0.1) is 0 Å². The number of carbonyl (C=O) groups excluding carboxylic acids is 2. The third-order valence-corrected chi connectivity index (χ3v) is 3.64. The highest BCUT2D eigenvalue weighted by molar-refractivity contribution is 5.92. The van der Waals surface area contributed by atoms with Gasteiger partial charge in [-0.3, -0.25) is 9.59 Å². The number of carboxylic acids is 1. The Kier molecular flexibility index (Phi) is 6.14. The van der Waals surface area contributed by atoms with Crippen molar-refractivity contribution in [1.29, 1.82) is 0 Å². The second-order valence-electron chi connectivity index (χ2n) is 5.14. The average Bonchev–Trinajstić information content (AvgIpc) is 2.76. The molecule has 116 valence electrons. The van der Waals surface area contributed by atoms with Crippen LogP contribution >= 0.6 is 0 Å². The first-order valence-corrected chi connectivity index (χ1v) is 7.01. The predicted octanol–water partition coefficient (Wildman–Crippen LogP) is 1.39. The first-order valence-electron chi connectivity index (χ1n) is 7.01. The number of rotatable bonds is 8. The van der Waals surface area contributed by atoms with Gasteiger partial charge in [0.25, 0.3) is 5.91 Å². The number of carboxylic acid groups (broad SMARTS) is 1. The van der Waals surface area contributed by atoms with Gasteiger partial charge >= 0.3 is 5.97 Å². The Hall–Kier alpha value is -2.11. The van der Waals surface area contributed by atoms with Crippen LogP contribution in [0.5, 0.6) is 0 Å². The van der Waals surface area contributed by atoms with Crippen molar-refractivity contribution in [3.63, 3.8) is 0 Å². The third kappa shape index (κ3) is 4.73. The van der Waals surface area contributed by atoms with Crippen molar-refractivity contribution in [2.24, 2.45) is 0 Å². The molecule has 0 aromatic rings. The summed E-state index contributed by atoms with van der Waals surface area (Å²) in [6.07, 6.45) is 5.77. The minimum atomic E-state index is -1.01. The van der Waals surface area contributed by atoms with E-state index in [4.69, 9.17) is 5.11 Å². The van der Waals surface area contributed by atoms with E-state index >= 15 is 0 Å². The van der Waals surface area contributed by atoms with E-state index in [1.807, 2.05) is 0 Å². The van der Waals surface area contributed by atoms with Gasteiger partial charge in [-0.1, -0.05) is 13.0 Å². The summed E-state index contributed by atoms with van der Waals surface area (Å²) in [6.45, 7) is 5.86. The summed E-state index contributed by atoms with van der Waals surface area (Å²) in [5, 5.41) is 8.84. The zero-order valence-corrected chi connectivity index (χ0v) is 12.5. The SMILES string of the molecule is C=C1C=CC(=O)N1CCCCCC(=O)N(C)[C@@H](C)C(=O)O. The van der Waals surface area contributed by atoms with Gasteiger partial charge < -0.3 is 14.9 Å². The molecule has 6 nitrogen and oxygen atoms in total. The van der Waals surface area contributed by atoms with Crippen molar-refractivity contribution in [3.8, 4) is 0 Å². The van der Waals surface area contributed by atoms with Crippen LogP contribution in [0.1, 0.15) is 32.6 Å². The van der Waals surface area contributed by atoms with Crippen LogP contribution in [0.2, 0.25) is 0 Å². The molecule has 0 saturated heterocycles. The number of carbonyl (C=O) groups is 3. The Balaban J connectivity index is 2.19. The lowest BCUT2D eigenvalue weighted by Crippen LogP contribution is -2.40. The first-order chi connectivity index (χ1) is 9.84. The quantitative estimate of drug-likeness (QED) is 0.686. The summed E-state index contributed by atoms with van der Waals surface area (Å²) in [4.78, 5) is 36.9. The van der Waals surface area contributed by atoms with Crippen LogP contribution in [0.3, 0.4) is 0 Å². The fourth-order valence-corrected chi connectivity index (χ4v) is 2.02. The molecule has 1 N–H and O–H groups in total. The van der Waals surface area contributed by atoms with E-state index in [9.17, 15) is 14.4 Å². The number of allylic oxidation sites excluding steroid dienone is 1. The number of nitrogens with zero attached hydrogens (tertiary/aromatic N) is 2. The number of amides is 2. The summed E-state index contributed by atoms with van der Waals surface area (Å²) in [5.41, 5.74) is 0.700. The summed E-state index contributed by atoms with van der Waals surface area (Å²) in [5.74, 6) is -1.23. The molecule has 0 aliphatic carbocycles. The summed E-state index contributed by atoms with van der Waals surface area (Å²) >= 11 is 0. The molecule has 1 rings (SSSR count). The maximum absolute atomic E-state index is 11.8. The van der Waals surface area contributed by atoms with Crippen LogP contribution in [0.25, 0.3) is 0 Å². The molecule has 21 heavy (non-hydrogen) atoms. The molecule has 0 aromatic heterocycles. The molecule has 0 spiro atoms. The van der Waals surface area contributed by atoms with Gasteiger partial charge in [0.15, 0.2) is 0 Å². The predicted molar refractivity (Wildman–Crippen MR) is 78.3 cm³/mol. The Bertz CT molecular complexity index is 452. The van der Waals surface area contributed by atoms with Crippen LogP contribution < -0.4 is 0 Å². The Morgan fingerprint density at radius 3 is 2.52 bits per heavy atom. The van der Waals surface area contributed by atoms with E-state index in [-0.39, 0.29) is 11.8 Å². The molecular formula is C15H22N2O4. The van der Waals surface area contributed by atoms with Gasteiger partial charge in [0.2, 0.25) is 5.91 Å². The van der Waals surface area contributed by atoms with Crippen LogP contribution in [0.15, 0.2) is 24.4 Å². The van der Waals surface area contributed by atoms with Gasteiger partial charge in [0.05, 0.1) is 0 Å². The van der Waals surface area contributed by atoms with Crippen LogP contribution in [-0.4, -0.2) is 52.3 Å². The summed E-state index contributed by atoms with van der Waals surface area (Å²) < 4.78 is 0. The van der Waals surface area contributed by atoms with Crippen molar-refractivity contribution in [2.75, 3.05) is 13.6 Å². The van der Waals surface area contributed by atoms with Gasteiger partial charge in [-0.25, -0.2) is 4.79 Å². The minimum Gasteiger partial charge on any atom is -0.480 e. The molecule has 0 radical (unpaired) electrons. The van der Waals surface area contributed by atoms with Crippen molar-refractivity contribution < 1.29 is 19.5 Å². The molecule has 0 unspecified atom stereocenters. The monoisotopic (exact) mass is 294 g/mol. The van der Waals surface area contributed by atoms with Crippen molar-refractivity contribution >= 4 is 17.8 Å². The maximum Gasteiger partial charge on any atom is 0.326 e. The highest BCUT2D eigenvalue weighted by Gasteiger charge is 2.21. The van der Waals surface area contributed by atoms with Gasteiger partial charge in [0, 0.05) is 31.8 Å². The molecule has 1 heterocycles. The number of hydrogen-bond acceptors (Lipinski definition) is 3. The molecule has 0 fully saturated rings. The Labute approximate surface area is 124 Å². The minimum absolute atomic E-state index is 0.0499. The maximum atomic E-state index is 11.8. The smallest absolute Gasteiger partial charge is 0.326 e.